The Bertz CT molecular complexity index is 445. The molecule has 2 rings (SSSR count). The topological polar surface area (TPSA) is 46.6 Å². The van der Waals surface area contributed by atoms with Crippen LogP contribution in [0.2, 0.25) is 0 Å². The fraction of sp³-hybridized carbons (Fsp3) is 0.882. The van der Waals surface area contributed by atoms with Crippen molar-refractivity contribution in [2.75, 3.05) is 6.54 Å². The lowest BCUT2D eigenvalue weighted by atomic mass is 10.0. The molecule has 0 N–H and O–H groups in total. The highest BCUT2D eigenvalue weighted by Gasteiger charge is 2.69. The predicted octanol–water partition coefficient (Wildman–Crippen LogP) is 3.00. The van der Waals surface area contributed by atoms with E-state index in [9.17, 15) is 9.59 Å². The zero-order valence-electron chi connectivity index (χ0n) is 14.4. The number of rotatable bonds is 2. The Kier molecular flexibility index (Phi) is 3.67. The van der Waals surface area contributed by atoms with Gasteiger partial charge in [0.25, 0.3) is 0 Å². The van der Waals surface area contributed by atoms with Crippen molar-refractivity contribution in [2.45, 2.75) is 73.0 Å². The molecule has 1 amide bonds. The van der Waals surface area contributed by atoms with Crippen LogP contribution < -0.4 is 0 Å². The van der Waals surface area contributed by atoms with E-state index < -0.39 is 11.6 Å². The van der Waals surface area contributed by atoms with Crippen molar-refractivity contribution in [3.63, 3.8) is 0 Å². The quantitative estimate of drug-likeness (QED) is 0.736. The lowest BCUT2D eigenvalue weighted by Gasteiger charge is -2.28. The minimum Gasteiger partial charge on any atom is -0.458 e. The third-order valence-electron chi connectivity index (χ3n) is 5.48. The van der Waals surface area contributed by atoms with E-state index in [1.54, 1.807) is 4.90 Å². The van der Waals surface area contributed by atoms with Gasteiger partial charge < -0.3 is 9.64 Å². The number of carbonyl (C=O) groups excluding carboxylic acids is 2. The number of esters is 1. The standard InChI is InChI=1S/C17H29NO3/c1-15(2,3)21-14(20)11-9-8-10-18(11)13(19)12-16(4,5)17(12,6)7/h11-12H,8-10H2,1-7H3/t11-/m1/s1. The number of nitrogens with zero attached hydrogens (tertiary/aromatic N) is 1. The first-order valence-corrected chi connectivity index (χ1v) is 7.93. The lowest BCUT2D eigenvalue weighted by Crippen LogP contribution is -2.44. The van der Waals surface area contributed by atoms with Gasteiger partial charge in [-0.3, -0.25) is 4.79 Å². The molecule has 1 atom stereocenters. The molecule has 120 valence electrons. The molecule has 1 saturated carbocycles. The highest BCUT2D eigenvalue weighted by Crippen LogP contribution is 2.69. The molecule has 0 spiro atoms. The van der Waals surface area contributed by atoms with Crippen molar-refractivity contribution in [1.82, 2.24) is 4.90 Å². The van der Waals surface area contributed by atoms with Gasteiger partial charge in [0.15, 0.2) is 0 Å². The summed E-state index contributed by atoms with van der Waals surface area (Å²) in [7, 11) is 0. The maximum atomic E-state index is 12.8. The van der Waals surface area contributed by atoms with Gasteiger partial charge in [0.1, 0.15) is 11.6 Å². The summed E-state index contributed by atoms with van der Waals surface area (Å²) in [4.78, 5) is 26.9. The first kappa shape index (κ1) is 16.3. The van der Waals surface area contributed by atoms with Gasteiger partial charge in [-0.2, -0.15) is 0 Å². The zero-order chi connectivity index (χ0) is 16.2. The van der Waals surface area contributed by atoms with Crippen LogP contribution in [-0.2, 0) is 14.3 Å². The maximum Gasteiger partial charge on any atom is 0.329 e. The lowest BCUT2D eigenvalue weighted by molar-refractivity contribution is -0.163. The van der Waals surface area contributed by atoms with Gasteiger partial charge in [-0.15, -0.1) is 0 Å². The van der Waals surface area contributed by atoms with Crippen molar-refractivity contribution in [1.29, 1.82) is 0 Å². The molecule has 4 nitrogen and oxygen atoms in total. The van der Waals surface area contributed by atoms with Crippen molar-refractivity contribution >= 4 is 11.9 Å². The van der Waals surface area contributed by atoms with E-state index in [4.69, 9.17) is 4.74 Å². The Morgan fingerprint density at radius 3 is 2.05 bits per heavy atom. The van der Waals surface area contributed by atoms with Crippen LogP contribution >= 0.6 is 0 Å². The number of hydrogen-bond acceptors (Lipinski definition) is 3. The Hall–Kier alpha value is -1.06. The average molecular weight is 295 g/mol. The molecule has 1 aliphatic carbocycles. The van der Waals surface area contributed by atoms with Crippen LogP contribution in [0.1, 0.15) is 61.3 Å². The Labute approximate surface area is 128 Å². The van der Waals surface area contributed by atoms with Gasteiger partial charge >= 0.3 is 5.97 Å². The van der Waals surface area contributed by atoms with Crippen LogP contribution in [0.5, 0.6) is 0 Å². The molecule has 0 aromatic heterocycles. The Morgan fingerprint density at radius 1 is 1.10 bits per heavy atom. The van der Waals surface area contributed by atoms with E-state index in [-0.39, 0.29) is 28.6 Å². The second kappa shape index (κ2) is 4.72. The highest BCUT2D eigenvalue weighted by molar-refractivity contribution is 5.89. The molecule has 21 heavy (non-hydrogen) atoms. The molecule has 4 heteroatoms. The zero-order valence-corrected chi connectivity index (χ0v) is 14.4. The molecule has 0 radical (unpaired) electrons. The third kappa shape index (κ3) is 2.69. The maximum absolute atomic E-state index is 12.8. The molecule has 1 saturated heterocycles. The summed E-state index contributed by atoms with van der Waals surface area (Å²) in [6, 6.07) is -0.399. The van der Waals surface area contributed by atoms with Gasteiger partial charge in [0.05, 0.1) is 0 Å². The Balaban J connectivity index is 2.10. The fourth-order valence-electron chi connectivity index (χ4n) is 3.62. The summed E-state index contributed by atoms with van der Waals surface area (Å²) in [5.74, 6) is -0.129. The summed E-state index contributed by atoms with van der Waals surface area (Å²) in [5, 5.41) is 0. The van der Waals surface area contributed by atoms with E-state index in [2.05, 4.69) is 27.7 Å². The van der Waals surface area contributed by atoms with Crippen molar-refractivity contribution in [2.24, 2.45) is 16.7 Å². The number of amides is 1. The van der Waals surface area contributed by atoms with E-state index >= 15 is 0 Å². The minimum absolute atomic E-state index is 0.00511. The fourth-order valence-corrected chi connectivity index (χ4v) is 3.62. The first-order valence-electron chi connectivity index (χ1n) is 7.93. The van der Waals surface area contributed by atoms with Crippen molar-refractivity contribution in [3.05, 3.63) is 0 Å². The van der Waals surface area contributed by atoms with E-state index in [1.807, 2.05) is 20.8 Å². The summed E-state index contributed by atoms with van der Waals surface area (Å²) < 4.78 is 5.47. The van der Waals surface area contributed by atoms with Crippen LogP contribution in [-0.4, -0.2) is 35.0 Å². The van der Waals surface area contributed by atoms with Crippen LogP contribution in [0.3, 0.4) is 0 Å². The summed E-state index contributed by atoms with van der Waals surface area (Å²) in [6.45, 7) is 14.8. The van der Waals surface area contributed by atoms with E-state index in [1.165, 1.54) is 0 Å². The van der Waals surface area contributed by atoms with E-state index in [0.29, 0.717) is 13.0 Å². The molecule has 0 bridgehead atoms. The molecule has 0 aromatic rings. The minimum atomic E-state index is -0.507. The van der Waals surface area contributed by atoms with Gasteiger partial charge in [0, 0.05) is 12.5 Å². The van der Waals surface area contributed by atoms with E-state index in [0.717, 1.165) is 6.42 Å². The molecular weight excluding hydrogens is 266 g/mol. The molecular formula is C17H29NO3. The molecule has 1 heterocycles. The molecule has 0 aromatic carbocycles. The van der Waals surface area contributed by atoms with Gasteiger partial charge in [-0.1, -0.05) is 27.7 Å². The van der Waals surface area contributed by atoms with Crippen LogP contribution in [0.25, 0.3) is 0 Å². The molecule has 2 aliphatic rings. The molecule has 2 fully saturated rings. The monoisotopic (exact) mass is 295 g/mol. The molecule has 1 aliphatic heterocycles. The predicted molar refractivity (Wildman–Crippen MR) is 81.6 cm³/mol. The van der Waals surface area contributed by atoms with Crippen LogP contribution in [0, 0.1) is 16.7 Å². The summed E-state index contributed by atoms with van der Waals surface area (Å²) >= 11 is 0. The van der Waals surface area contributed by atoms with Gasteiger partial charge in [-0.25, -0.2) is 4.79 Å². The first-order chi connectivity index (χ1) is 9.39. The average Bonchev–Trinajstić information content (AvgIpc) is 2.67. The Morgan fingerprint density at radius 2 is 1.62 bits per heavy atom. The second-order valence-electron chi connectivity index (χ2n) is 8.60. The second-order valence-corrected chi connectivity index (χ2v) is 8.60. The third-order valence-corrected chi connectivity index (χ3v) is 5.48. The number of carbonyl (C=O) groups is 2. The van der Waals surface area contributed by atoms with Crippen LogP contribution in [0.4, 0.5) is 0 Å². The SMILES string of the molecule is CC(C)(C)OC(=O)[C@H]1CCCN1C(=O)C1C(C)(C)C1(C)C. The smallest absolute Gasteiger partial charge is 0.329 e. The molecule has 0 unspecified atom stereocenters. The summed E-state index contributed by atoms with van der Waals surface area (Å²) in [5.41, 5.74) is -0.497. The van der Waals surface area contributed by atoms with Gasteiger partial charge in [-0.05, 0) is 44.4 Å². The van der Waals surface area contributed by atoms with Crippen molar-refractivity contribution < 1.29 is 14.3 Å². The summed E-state index contributed by atoms with van der Waals surface area (Å²) in [6.07, 6.45) is 1.59. The number of ether oxygens (including phenoxy) is 1. The highest BCUT2D eigenvalue weighted by atomic mass is 16.6. The normalized spacial score (nSPS) is 27.6. The van der Waals surface area contributed by atoms with Crippen molar-refractivity contribution in [3.8, 4) is 0 Å². The number of likely N-dealkylation sites (tertiary alicyclic amines) is 1. The largest absolute Gasteiger partial charge is 0.458 e. The van der Waals surface area contributed by atoms with Crippen LogP contribution in [0.15, 0.2) is 0 Å². The van der Waals surface area contributed by atoms with Gasteiger partial charge in [0.2, 0.25) is 5.91 Å². The number of hydrogen-bond donors (Lipinski definition) is 0.